The van der Waals surface area contributed by atoms with Crippen LogP contribution in [0, 0.1) is 0 Å². The topological polar surface area (TPSA) is 76.0 Å². The Kier molecular flexibility index (Phi) is 8.88. The van der Waals surface area contributed by atoms with Crippen molar-refractivity contribution in [3.8, 4) is 11.5 Å². The van der Waals surface area contributed by atoms with Gasteiger partial charge in [0, 0.05) is 0 Å². The predicted molar refractivity (Wildman–Crippen MR) is 150 cm³/mol. The molecule has 202 valence electrons. The largest absolute Gasteiger partial charge is 0.507 e. The molecule has 0 atom stereocenters. The molecule has 0 aliphatic carbocycles. The summed E-state index contributed by atoms with van der Waals surface area (Å²) in [6.45, 7) is 24.9. The average Bonchev–Trinajstić information content (AvgIpc) is 2.68. The van der Waals surface area contributed by atoms with Crippen molar-refractivity contribution in [3.05, 3.63) is 57.6 Å². The lowest BCUT2D eigenvalue weighted by Gasteiger charge is -2.28. The fourth-order valence-electron chi connectivity index (χ4n) is 4.17. The van der Waals surface area contributed by atoms with Crippen LogP contribution < -0.4 is 0 Å². The van der Waals surface area contributed by atoms with Crippen LogP contribution in [-0.2, 0) is 48.5 Å². The van der Waals surface area contributed by atoms with Crippen molar-refractivity contribution in [2.75, 3.05) is 0 Å². The zero-order chi connectivity index (χ0) is 27.9. The molecular weight excluding hydrogens is 471 g/mol. The van der Waals surface area contributed by atoms with Gasteiger partial charge in [0.25, 0.3) is 0 Å². The van der Waals surface area contributed by atoms with E-state index in [0.717, 1.165) is 33.4 Å². The van der Waals surface area contributed by atoms with Crippen molar-refractivity contribution < 1.29 is 23.8 Å². The molecule has 0 aliphatic rings. The Morgan fingerprint density at radius 3 is 0.972 bits per heavy atom. The van der Waals surface area contributed by atoms with Crippen LogP contribution in [0.15, 0.2) is 24.3 Å². The number of phenolic OH excluding ortho intramolecular Hbond substituents is 2. The third-order valence-electron chi connectivity index (χ3n) is 6.28. The van der Waals surface area contributed by atoms with Crippen molar-refractivity contribution in [2.45, 2.75) is 118 Å². The first-order valence-electron chi connectivity index (χ1n) is 12.7. The monoisotopic (exact) mass is 518 g/mol. The van der Waals surface area contributed by atoms with E-state index in [9.17, 15) is 14.8 Å². The molecule has 5 nitrogen and oxygen atoms in total. The molecule has 0 amide bonds. The molecule has 2 aromatic carbocycles. The fraction of sp³-hybridized carbons (Fsp3) is 0.600. The number of hydrogen-bond donors (Lipinski definition) is 2. The molecule has 0 fully saturated rings. The molecule has 0 saturated carbocycles. The maximum atomic E-state index is 12.7. The molecule has 0 aliphatic heterocycles. The highest BCUT2D eigenvalue weighted by molar-refractivity contribution is 7.33. The van der Waals surface area contributed by atoms with Gasteiger partial charge in [0.05, 0.1) is 13.2 Å². The summed E-state index contributed by atoms with van der Waals surface area (Å²) in [6.07, 6.45) is 0. The number of benzene rings is 2. The highest BCUT2D eigenvalue weighted by atomic mass is 31.1. The van der Waals surface area contributed by atoms with Gasteiger partial charge in [-0.2, -0.15) is 0 Å². The van der Waals surface area contributed by atoms with E-state index < -0.39 is 8.25 Å². The van der Waals surface area contributed by atoms with Crippen LogP contribution in [0.4, 0.5) is 0 Å². The first-order valence-corrected chi connectivity index (χ1v) is 13.9. The zero-order valence-electron chi connectivity index (χ0n) is 24.3. The molecule has 2 rings (SSSR count). The molecule has 0 heterocycles. The van der Waals surface area contributed by atoms with E-state index in [-0.39, 0.29) is 34.9 Å². The maximum absolute atomic E-state index is 12.7. The van der Waals surface area contributed by atoms with Gasteiger partial charge in [-0.1, -0.05) is 83.1 Å². The summed E-state index contributed by atoms with van der Waals surface area (Å²) in [5.74, 6) is 0.610. The standard InChI is InChI=1S/C30H47O5P/c1-27(2,3)21-13-19(14-22(25(21)31)28(4,5)6)17-34-36(33)35-18-20-15-23(29(7,8)9)26(32)24(16-20)30(10,11)12/h13-16,31-32,36H,17-18H2,1-12H3. The van der Waals surface area contributed by atoms with E-state index in [2.05, 4.69) is 83.1 Å². The van der Waals surface area contributed by atoms with Gasteiger partial charge in [-0.25, -0.2) is 0 Å². The van der Waals surface area contributed by atoms with Crippen molar-refractivity contribution in [3.63, 3.8) is 0 Å². The van der Waals surface area contributed by atoms with Crippen LogP contribution in [0.2, 0.25) is 0 Å². The number of aromatic hydroxyl groups is 2. The van der Waals surface area contributed by atoms with Crippen molar-refractivity contribution in [2.24, 2.45) is 0 Å². The molecule has 0 radical (unpaired) electrons. The minimum absolute atomic E-state index is 0.125. The molecular formula is C30H47O5P. The van der Waals surface area contributed by atoms with Gasteiger partial charge in [-0.15, -0.1) is 0 Å². The van der Waals surface area contributed by atoms with Gasteiger partial charge in [0.2, 0.25) is 0 Å². The van der Waals surface area contributed by atoms with Gasteiger partial charge >= 0.3 is 8.25 Å². The number of rotatable bonds is 6. The highest BCUT2D eigenvalue weighted by Gasteiger charge is 2.28. The molecule has 36 heavy (non-hydrogen) atoms. The summed E-state index contributed by atoms with van der Waals surface area (Å²) in [5.41, 5.74) is 4.02. The number of hydrogen-bond acceptors (Lipinski definition) is 5. The highest BCUT2D eigenvalue weighted by Crippen LogP contribution is 2.42. The van der Waals surface area contributed by atoms with Crippen molar-refractivity contribution >= 4 is 8.25 Å². The van der Waals surface area contributed by atoms with Gasteiger partial charge in [-0.05, 0) is 79.3 Å². The summed E-state index contributed by atoms with van der Waals surface area (Å²) >= 11 is 0. The normalized spacial score (nSPS) is 13.5. The lowest BCUT2D eigenvalue weighted by Crippen LogP contribution is -2.18. The summed E-state index contributed by atoms with van der Waals surface area (Å²) in [5, 5.41) is 21.8. The van der Waals surface area contributed by atoms with Crippen LogP contribution in [0.1, 0.15) is 116 Å². The molecule has 2 aromatic rings. The third kappa shape index (κ3) is 7.60. The van der Waals surface area contributed by atoms with Crippen LogP contribution in [0.5, 0.6) is 11.5 Å². The Morgan fingerprint density at radius 1 is 0.556 bits per heavy atom. The van der Waals surface area contributed by atoms with E-state index in [1.165, 1.54) is 0 Å². The van der Waals surface area contributed by atoms with Gasteiger partial charge in [0.1, 0.15) is 11.5 Å². The molecule has 0 bridgehead atoms. The van der Waals surface area contributed by atoms with Crippen molar-refractivity contribution in [1.29, 1.82) is 0 Å². The van der Waals surface area contributed by atoms with Gasteiger partial charge in [0.15, 0.2) is 0 Å². The molecule has 0 spiro atoms. The summed E-state index contributed by atoms with van der Waals surface area (Å²) in [4.78, 5) is 0. The van der Waals surface area contributed by atoms with E-state index in [1.54, 1.807) is 0 Å². The zero-order valence-corrected chi connectivity index (χ0v) is 25.3. The predicted octanol–water partition coefficient (Wildman–Crippen LogP) is 8.41. The molecule has 0 aromatic heterocycles. The van der Waals surface area contributed by atoms with Gasteiger partial charge in [-0.3, -0.25) is 4.57 Å². The summed E-state index contributed by atoms with van der Waals surface area (Å²) < 4.78 is 24.0. The average molecular weight is 519 g/mol. The van der Waals surface area contributed by atoms with Crippen LogP contribution >= 0.6 is 8.25 Å². The molecule has 2 N–H and O–H groups in total. The molecule has 0 saturated heterocycles. The second-order valence-corrected chi connectivity index (χ2v) is 15.0. The van der Waals surface area contributed by atoms with Gasteiger partial charge < -0.3 is 19.3 Å². The van der Waals surface area contributed by atoms with E-state index >= 15 is 0 Å². The second kappa shape index (κ2) is 10.5. The Balaban J connectivity index is 2.23. The quantitative estimate of drug-likeness (QED) is 0.375. The maximum Gasteiger partial charge on any atom is 0.319 e. The van der Waals surface area contributed by atoms with Crippen LogP contribution in [-0.4, -0.2) is 10.2 Å². The van der Waals surface area contributed by atoms with E-state index in [0.29, 0.717) is 11.5 Å². The smallest absolute Gasteiger partial charge is 0.319 e. The molecule has 0 unspecified atom stereocenters. The molecule has 6 heteroatoms. The van der Waals surface area contributed by atoms with Crippen LogP contribution in [0.25, 0.3) is 0 Å². The summed E-state index contributed by atoms with van der Waals surface area (Å²) in [7, 11) is -2.77. The Labute approximate surface area is 219 Å². The second-order valence-electron chi connectivity index (χ2n) is 13.9. The van der Waals surface area contributed by atoms with E-state index in [1.807, 2.05) is 24.3 Å². The fourth-order valence-corrected chi connectivity index (χ4v) is 4.82. The first-order chi connectivity index (χ1) is 16.1. The van der Waals surface area contributed by atoms with Crippen LogP contribution in [0.3, 0.4) is 0 Å². The SMILES string of the molecule is CC(C)(C)c1cc(CO[PH](=O)OCc2cc(C(C)(C)C)c(O)c(C(C)(C)C)c2)cc(C(C)(C)C)c1O. The minimum Gasteiger partial charge on any atom is -0.507 e. The first kappa shape index (κ1) is 30.4. The number of phenols is 2. The Morgan fingerprint density at radius 2 is 0.778 bits per heavy atom. The lowest BCUT2D eigenvalue weighted by molar-refractivity contribution is 0.212. The lowest BCUT2D eigenvalue weighted by atomic mass is 9.78. The minimum atomic E-state index is -2.77. The summed E-state index contributed by atoms with van der Waals surface area (Å²) in [6, 6.07) is 7.69. The Bertz CT molecular complexity index is 949. The van der Waals surface area contributed by atoms with E-state index in [4.69, 9.17) is 9.05 Å². The van der Waals surface area contributed by atoms with Crippen molar-refractivity contribution in [1.82, 2.24) is 0 Å². The third-order valence-corrected chi connectivity index (χ3v) is 7.04. The Hall–Kier alpha value is -1.81.